The van der Waals surface area contributed by atoms with Gasteiger partial charge in [-0.25, -0.2) is 9.18 Å². The molecule has 3 rings (SSSR count). The van der Waals surface area contributed by atoms with Crippen LogP contribution in [0.5, 0.6) is 0 Å². The summed E-state index contributed by atoms with van der Waals surface area (Å²) in [5.41, 5.74) is 2.16. The molecule has 2 atom stereocenters. The maximum absolute atomic E-state index is 13.7. The maximum atomic E-state index is 13.7. The van der Waals surface area contributed by atoms with Gasteiger partial charge in [0.2, 0.25) is 0 Å². The standard InChI is InChI=1S/C20H20FNO4/c1-13-7-15(9-16(21)8-13)17-10-22(11-18(17)19(23)24)20(25)26-12-14-5-3-2-4-6-14/h2-9,17-18H,10-12H2,1H3,(H,23,24). The van der Waals surface area contributed by atoms with Crippen molar-refractivity contribution in [3.63, 3.8) is 0 Å². The molecule has 0 spiro atoms. The number of hydrogen-bond acceptors (Lipinski definition) is 3. The van der Waals surface area contributed by atoms with Gasteiger partial charge in [0.15, 0.2) is 0 Å². The predicted molar refractivity (Wildman–Crippen MR) is 93.2 cm³/mol. The minimum absolute atomic E-state index is 0.0448. The zero-order valence-corrected chi connectivity index (χ0v) is 14.4. The fourth-order valence-corrected chi connectivity index (χ4v) is 3.33. The smallest absolute Gasteiger partial charge is 0.410 e. The Morgan fingerprint density at radius 2 is 1.92 bits per heavy atom. The van der Waals surface area contributed by atoms with Crippen molar-refractivity contribution >= 4 is 12.1 Å². The van der Waals surface area contributed by atoms with Crippen molar-refractivity contribution < 1.29 is 23.8 Å². The number of amides is 1. The Balaban J connectivity index is 1.72. The number of ether oxygens (including phenoxy) is 1. The van der Waals surface area contributed by atoms with E-state index in [4.69, 9.17) is 4.74 Å². The number of benzene rings is 2. The maximum Gasteiger partial charge on any atom is 0.410 e. The van der Waals surface area contributed by atoms with Crippen LogP contribution in [-0.4, -0.2) is 35.2 Å². The first kappa shape index (κ1) is 17.9. The zero-order chi connectivity index (χ0) is 18.7. The number of aryl methyl sites for hydroxylation is 1. The first-order valence-corrected chi connectivity index (χ1v) is 8.39. The molecule has 0 aliphatic carbocycles. The van der Waals surface area contributed by atoms with E-state index in [0.29, 0.717) is 11.1 Å². The third-order valence-corrected chi connectivity index (χ3v) is 4.59. The van der Waals surface area contributed by atoms with Gasteiger partial charge in [0.1, 0.15) is 12.4 Å². The number of carbonyl (C=O) groups is 2. The van der Waals surface area contributed by atoms with Crippen LogP contribution in [0.2, 0.25) is 0 Å². The summed E-state index contributed by atoms with van der Waals surface area (Å²) >= 11 is 0. The highest BCUT2D eigenvalue weighted by Crippen LogP contribution is 2.34. The van der Waals surface area contributed by atoms with Crippen LogP contribution in [0.1, 0.15) is 22.6 Å². The van der Waals surface area contributed by atoms with E-state index >= 15 is 0 Å². The van der Waals surface area contributed by atoms with Crippen molar-refractivity contribution in [1.82, 2.24) is 4.90 Å². The van der Waals surface area contributed by atoms with Crippen molar-refractivity contribution in [1.29, 1.82) is 0 Å². The number of rotatable bonds is 4. The third kappa shape index (κ3) is 4.02. The predicted octanol–water partition coefficient (Wildman–Crippen LogP) is 3.57. The molecular weight excluding hydrogens is 337 g/mol. The summed E-state index contributed by atoms with van der Waals surface area (Å²) in [6, 6.07) is 13.7. The van der Waals surface area contributed by atoms with E-state index in [9.17, 15) is 19.1 Å². The van der Waals surface area contributed by atoms with Crippen molar-refractivity contribution in [2.75, 3.05) is 13.1 Å². The van der Waals surface area contributed by atoms with Gasteiger partial charge in [-0.05, 0) is 35.7 Å². The van der Waals surface area contributed by atoms with E-state index in [0.717, 1.165) is 5.56 Å². The fourth-order valence-electron chi connectivity index (χ4n) is 3.33. The molecule has 1 amide bonds. The normalized spacial score (nSPS) is 19.4. The quantitative estimate of drug-likeness (QED) is 0.908. The van der Waals surface area contributed by atoms with Crippen molar-refractivity contribution in [3.8, 4) is 0 Å². The molecular formula is C20H20FNO4. The number of carboxylic acids is 1. The molecule has 1 aliphatic rings. The average molecular weight is 357 g/mol. The molecule has 1 fully saturated rings. The van der Waals surface area contributed by atoms with Crippen LogP contribution in [0.4, 0.5) is 9.18 Å². The number of hydrogen-bond donors (Lipinski definition) is 1. The molecule has 2 aromatic rings. The first-order chi connectivity index (χ1) is 12.4. The Labute approximate surface area is 151 Å². The number of likely N-dealkylation sites (tertiary alicyclic amines) is 1. The van der Waals surface area contributed by atoms with Crippen LogP contribution >= 0.6 is 0 Å². The summed E-state index contributed by atoms with van der Waals surface area (Å²) in [6.45, 7) is 2.11. The van der Waals surface area contributed by atoms with Crippen LogP contribution in [0.3, 0.4) is 0 Å². The molecule has 26 heavy (non-hydrogen) atoms. The lowest BCUT2D eigenvalue weighted by molar-refractivity contribution is -0.141. The zero-order valence-electron chi connectivity index (χ0n) is 14.4. The highest BCUT2D eigenvalue weighted by molar-refractivity contribution is 5.75. The van der Waals surface area contributed by atoms with Crippen molar-refractivity contribution in [2.24, 2.45) is 5.92 Å². The van der Waals surface area contributed by atoms with E-state index in [1.54, 1.807) is 13.0 Å². The number of carbonyl (C=O) groups excluding carboxylic acids is 1. The number of carboxylic acid groups (broad SMARTS) is 1. The van der Waals surface area contributed by atoms with Gasteiger partial charge in [-0.1, -0.05) is 36.4 Å². The van der Waals surface area contributed by atoms with E-state index in [1.165, 1.54) is 17.0 Å². The Kier molecular flexibility index (Phi) is 5.21. The Morgan fingerprint density at radius 3 is 2.58 bits per heavy atom. The van der Waals surface area contributed by atoms with Crippen LogP contribution in [0.25, 0.3) is 0 Å². The molecule has 2 aromatic carbocycles. The van der Waals surface area contributed by atoms with Gasteiger partial charge in [0.25, 0.3) is 0 Å². The molecule has 6 heteroatoms. The topological polar surface area (TPSA) is 66.8 Å². The van der Waals surface area contributed by atoms with E-state index in [1.807, 2.05) is 30.3 Å². The molecule has 0 saturated carbocycles. The first-order valence-electron chi connectivity index (χ1n) is 8.39. The average Bonchev–Trinajstić information content (AvgIpc) is 3.05. The molecule has 0 radical (unpaired) electrons. The van der Waals surface area contributed by atoms with E-state index in [2.05, 4.69) is 0 Å². The van der Waals surface area contributed by atoms with E-state index < -0.39 is 29.7 Å². The minimum Gasteiger partial charge on any atom is -0.481 e. The van der Waals surface area contributed by atoms with Crippen LogP contribution in [0, 0.1) is 18.7 Å². The van der Waals surface area contributed by atoms with Gasteiger partial charge in [0, 0.05) is 19.0 Å². The van der Waals surface area contributed by atoms with Gasteiger partial charge < -0.3 is 14.7 Å². The van der Waals surface area contributed by atoms with Crippen LogP contribution < -0.4 is 0 Å². The summed E-state index contributed by atoms with van der Waals surface area (Å²) in [5.74, 6) is -2.67. The van der Waals surface area contributed by atoms with Crippen LogP contribution in [-0.2, 0) is 16.1 Å². The molecule has 136 valence electrons. The van der Waals surface area contributed by atoms with Gasteiger partial charge in [0.05, 0.1) is 5.92 Å². The summed E-state index contributed by atoms with van der Waals surface area (Å²) in [7, 11) is 0. The van der Waals surface area contributed by atoms with Gasteiger partial charge in [-0.3, -0.25) is 4.79 Å². The molecule has 2 unspecified atom stereocenters. The number of aliphatic carboxylic acids is 1. The third-order valence-electron chi connectivity index (χ3n) is 4.59. The van der Waals surface area contributed by atoms with Crippen LogP contribution in [0.15, 0.2) is 48.5 Å². The second kappa shape index (κ2) is 7.56. The summed E-state index contributed by atoms with van der Waals surface area (Å²) in [5, 5.41) is 9.52. The highest BCUT2D eigenvalue weighted by Gasteiger charge is 2.41. The molecule has 5 nitrogen and oxygen atoms in total. The number of halogens is 1. The number of nitrogens with zero attached hydrogens (tertiary/aromatic N) is 1. The summed E-state index contributed by atoms with van der Waals surface area (Å²) < 4.78 is 19.0. The SMILES string of the molecule is Cc1cc(F)cc(C2CN(C(=O)OCc3ccccc3)CC2C(=O)O)c1. The lowest BCUT2D eigenvalue weighted by Crippen LogP contribution is -2.30. The van der Waals surface area contributed by atoms with Crippen molar-refractivity contribution in [2.45, 2.75) is 19.4 Å². The largest absolute Gasteiger partial charge is 0.481 e. The summed E-state index contributed by atoms with van der Waals surface area (Å²) in [4.78, 5) is 25.3. The molecule has 1 heterocycles. The molecule has 1 saturated heterocycles. The van der Waals surface area contributed by atoms with Gasteiger partial charge >= 0.3 is 12.1 Å². The van der Waals surface area contributed by atoms with Gasteiger partial charge in [-0.15, -0.1) is 0 Å². The lowest BCUT2D eigenvalue weighted by atomic mass is 9.88. The monoisotopic (exact) mass is 357 g/mol. The van der Waals surface area contributed by atoms with Gasteiger partial charge in [-0.2, -0.15) is 0 Å². The Bertz CT molecular complexity index is 788. The Hall–Kier alpha value is -2.89. The highest BCUT2D eigenvalue weighted by atomic mass is 19.1. The second-order valence-electron chi connectivity index (χ2n) is 6.56. The fraction of sp³-hybridized carbons (Fsp3) is 0.300. The van der Waals surface area contributed by atoms with Crippen molar-refractivity contribution in [3.05, 3.63) is 71.0 Å². The van der Waals surface area contributed by atoms with E-state index in [-0.39, 0.29) is 19.7 Å². The molecule has 1 N–H and O–H groups in total. The minimum atomic E-state index is -1.00. The second-order valence-corrected chi connectivity index (χ2v) is 6.56. The lowest BCUT2D eigenvalue weighted by Gasteiger charge is -2.17. The summed E-state index contributed by atoms with van der Waals surface area (Å²) in [6.07, 6.45) is -0.560. The molecule has 1 aliphatic heterocycles. The molecule has 0 aromatic heterocycles. The Morgan fingerprint density at radius 1 is 1.19 bits per heavy atom. The molecule has 0 bridgehead atoms.